The molecule has 0 saturated heterocycles. The summed E-state index contributed by atoms with van der Waals surface area (Å²) in [6.45, 7) is 5.42. The zero-order chi connectivity index (χ0) is 19.4. The summed E-state index contributed by atoms with van der Waals surface area (Å²) in [7, 11) is 0. The van der Waals surface area contributed by atoms with E-state index in [-0.39, 0.29) is 12.5 Å². The van der Waals surface area contributed by atoms with Gasteiger partial charge in [-0.3, -0.25) is 9.78 Å². The minimum atomic E-state index is -0.513. The maximum absolute atomic E-state index is 12.7. The highest BCUT2D eigenvalue weighted by Crippen LogP contribution is 2.24. The quantitative estimate of drug-likeness (QED) is 0.691. The molecule has 0 aliphatic carbocycles. The highest BCUT2D eigenvalue weighted by atomic mass is 16.5. The summed E-state index contributed by atoms with van der Waals surface area (Å²) in [5.74, 6) is -0.884. The molecule has 1 heterocycles. The highest BCUT2D eigenvalue weighted by molar-refractivity contribution is 6.06. The van der Waals surface area contributed by atoms with Crippen molar-refractivity contribution in [3.8, 4) is 0 Å². The Morgan fingerprint density at radius 2 is 1.74 bits per heavy atom. The van der Waals surface area contributed by atoms with Crippen LogP contribution in [0.1, 0.15) is 34.1 Å². The van der Waals surface area contributed by atoms with E-state index in [0.717, 1.165) is 27.7 Å². The van der Waals surface area contributed by atoms with E-state index in [4.69, 9.17) is 4.74 Å². The van der Waals surface area contributed by atoms with Crippen LogP contribution in [0.4, 0.5) is 5.69 Å². The summed E-state index contributed by atoms with van der Waals surface area (Å²) in [5.41, 5.74) is 4.51. The number of benzene rings is 2. The molecule has 0 unspecified atom stereocenters. The molecule has 0 spiro atoms. The molecule has 0 saturated carbocycles. The van der Waals surface area contributed by atoms with Gasteiger partial charge in [0.15, 0.2) is 6.61 Å². The first-order chi connectivity index (χ1) is 13.0. The molecule has 0 radical (unpaired) electrons. The highest BCUT2D eigenvalue weighted by Gasteiger charge is 2.19. The lowest BCUT2D eigenvalue weighted by Gasteiger charge is -2.13. The molecule has 138 valence electrons. The number of nitrogens with zero attached hydrogens (tertiary/aromatic N) is 1. The number of aromatic nitrogens is 1. The molecule has 5 heteroatoms. The van der Waals surface area contributed by atoms with Crippen LogP contribution in [0.25, 0.3) is 10.9 Å². The summed E-state index contributed by atoms with van der Waals surface area (Å²) in [6, 6.07) is 14.9. The molecule has 1 amide bonds. The Kier molecular flexibility index (Phi) is 5.50. The van der Waals surface area contributed by atoms with Crippen LogP contribution in [0.3, 0.4) is 0 Å². The van der Waals surface area contributed by atoms with E-state index in [2.05, 4.69) is 10.3 Å². The van der Waals surface area contributed by atoms with Crippen LogP contribution in [-0.2, 0) is 16.0 Å². The van der Waals surface area contributed by atoms with E-state index in [9.17, 15) is 9.59 Å². The number of carbonyl (C=O) groups is 2. The molecule has 2 aromatic carbocycles. The zero-order valence-corrected chi connectivity index (χ0v) is 15.7. The second kappa shape index (κ2) is 7.99. The number of esters is 1. The number of aryl methyl sites for hydroxylation is 2. The van der Waals surface area contributed by atoms with E-state index in [1.807, 2.05) is 69.3 Å². The van der Waals surface area contributed by atoms with Gasteiger partial charge < -0.3 is 10.1 Å². The number of rotatable bonds is 5. The molecule has 5 nitrogen and oxygen atoms in total. The smallest absolute Gasteiger partial charge is 0.339 e. The van der Waals surface area contributed by atoms with Gasteiger partial charge in [0.25, 0.3) is 5.91 Å². The van der Waals surface area contributed by atoms with Crippen LogP contribution in [-0.4, -0.2) is 23.5 Å². The number of nitrogens with one attached hydrogen (secondary N) is 1. The number of hydrogen-bond donors (Lipinski definition) is 1. The minimum absolute atomic E-state index is 0.343. The first-order valence-corrected chi connectivity index (χ1v) is 8.92. The van der Waals surface area contributed by atoms with Gasteiger partial charge in [-0.15, -0.1) is 0 Å². The third-order valence-corrected chi connectivity index (χ3v) is 4.53. The summed E-state index contributed by atoms with van der Waals surface area (Å²) >= 11 is 0. The SMILES string of the molecule is CCc1nc2ccccc2c(C(=O)OCC(=O)Nc2ccccc2C)c1C. The lowest BCUT2D eigenvalue weighted by atomic mass is 10.0. The van der Waals surface area contributed by atoms with Crippen LogP contribution < -0.4 is 5.32 Å². The van der Waals surface area contributed by atoms with Crippen molar-refractivity contribution >= 4 is 28.5 Å². The van der Waals surface area contributed by atoms with E-state index in [1.165, 1.54) is 0 Å². The molecule has 0 atom stereocenters. The van der Waals surface area contributed by atoms with Crippen molar-refractivity contribution in [2.45, 2.75) is 27.2 Å². The molecule has 1 N–H and O–H groups in total. The Morgan fingerprint density at radius 3 is 2.48 bits per heavy atom. The van der Waals surface area contributed by atoms with Gasteiger partial charge >= 0.3 is 5.97 Å². The van der Waals surface area contributed by atoms with Gasteiger partial charge in [-0.05, 0) is 43.5 Å². The van der Waals surface area contributed by atoms with E-state index >= 15 is 0 Å². The summed E-state index contributed by atoms with van der Waals surface area (Å²) < 4.78 is 5.31. The fourth-order valence-electron chi connectivity index (χ4n) is 3.07. The number of carbonyl (C=O) groups excluding carboxylic acids is 2. The third-order valence-electron chi connectivity index (χ3n) is 4.53. The van der Waals surface area contributed by atoms with Crippen LogP contribution in [0.2, 0.25) is 0 Å². The lowest BCUT2D eigenvalue weighted by Crippen LogP contribution is -2.22. The summed E-state index contributed by atoms with van der Waals surface area (Å²) in [5, 5.41) is 3.50. The van der Waals surface area contributed by atoms with Crippen LogP contribution in [0, 0.1) is 13.8 Å². The maximum atomic E-state index is 12.7. The van der Waals surface area contributed by atoms with Crippen LogP contribution >= 0.6 is 0 Å². The Balaban J connectivity index is 1.79. The molecule has 0 fully saturated rings. The average Bonchev–Trinajstić information content (AvgIpc) is 2.67. The second-order valence-electron chi connectivity index (χ2n) is 6.37. The number of hydrogen-bond acceptors (Lipinski definition) is 4. The standard InChI is InChI=1S/C22H22N2O3/c1-4-17-15(3)21(16-10-6-8-12-19(16)23-17)22(26)27-13-20(25)24-18-11-7-5-9-14(18)2/h5-12H,4,13H2,1-3H3,(H,24,25). The van der Waals surface area contributed by atoms with Crippen LogP contribution in [0.15, 0.2) is 48.5 Å². The minimum Gasteiger partial charge on any atom is -0.452 e. The monoisotopic (exact) mass is 362 g/mol. The van der Waals surface area contributed by atoms with Gasteiger partial charge in [-0.1, -0.05) is 43.3 Å². The van der Waals surface area contributed by atoms with Gasteiger partial charge in [-0.25, -0.2) is 4.79 Å². The number of para-hydroxylation sites is 2. The largest absolute Gasteiger partial charge is 0.452 e. The van der Waals surface area contributed by atoms with E-state index < -0.39 is 5.97 Å². The van der Waals surface area contributed by atoms with Crippen molar-refractivity contribution in [1.29, 1.82) is 0 Å². The average molecular weight is 362 g/mol. The Hall–Kier alpha value is -3.21. The molecule has 0 bridgehead atoms. The predicted octanol–water partition coefficient (Wildman–Crippen LogP) is 4.21. The Morgan fingerprint density at radius 1 is 1.04 bits per heavy atom. The normalized spacial score (nSPS) is 10.6. The molecule has 3 rings (SSSR count). The summed E-state index contributed by atoms with van der Waals surface area (Å²) in [6.07, 6.45) is 0.713. The van der Waals surface area contributed by atoms with Gasteiger partial charge in [0.1, 0.15) is 0 Å². The topological polar surface area (TPSA) is 68.3 Å². The molecule has 3 aromatic rings. The Bertz CT molecular complexity index is 1010. The molecular formula is C22H22N2O3. The first-order valence-electron chi connectivity index (χ1n) is 8.92. The molecule has 0 aliphatic heterocycles. The first kappa shape index (κ1) is 18.6. The van der Waals surface area contributed by atoms with Gasteiger partial charge in [0, 0.05) is 16.8 Å². The number of amides is 1. The van der Waals surface area contributed by atoms with Crippen LogP contribution in [0.5, 0.6) is 0 Å². The molecule has 0 aliphatic rings. The van der Waals surface area contributed by atoms with Crippen molar-refractivity contribution in [2.75, 3.05) is 11.9 Å². The third kappa shape index (κ3) is 3.97. The van der Waals surface area contributed by atoms with Crippen molar-refractivity contribution in [1.82, 2.24) is 4.98 Å². The maximum Gasteiger partial charge on any atom is 0.339 e. The van der Waals surface area contributed by atoms with Crippen molar-refractivity contribution < 1.29 is 14.3 Å². The molecule has 1 aromatic heterocycles. The number of pyridine rings is 1. The number of anilines is 1. The van der Waals surface area contributed by atoms with Gasteiger partial charge in [-0.2, -0.15) is 0 Å². The molecule has 27 heavy (non-hydrogen) atoms. The number of ether oxygens (including phenoxy) is 1. The lowest BCUT2D eigenvalue weighted by molar-refractivity contribution is -0.119. The summed E-state index contributed by atoms with van der Waals surface area (Å²) in [4.78, 5) is 29.5. The number of fused-ring (bicyclic) bond motifs is 1. The van der Waals surface area contributed by atoms with E-state index in [0.29, 0.717) is 17.7 Å². The van der Waals surface area contributed by atoms with Crippen molar-refractivity contribution in [2.24, 2.45) is 0 Å². The fraction of sp³-hybridized carbons (Fsp3) is 0.227. The van der Waals surface area contributed by atoms with Crippen molar-refractivity contribution in [3.05, 3.63) is 70.9 Å². The van der Waals surface area contributed by atoms with Gasteiger partial charge in [0.05, 0.1) is 11.1 Å². The zero-order valence-electron chi connectivity index (χ0n) is 15.7. The fourth-order valence-corrected chi connectivity index (χ4v) is 3.07. The second-order valence-corrected chi connectivity index (χ2v) is 6.37. The Labute approximate surface area is 158 Å². The predicted molar refractivity (Wildman–Crippen MR) is 106 cm³/mol. The van der Waals surface area contributed by atoms with E-state index in [1.54, 1.807) is 0 Å². The van der Waals surface area contributed by atoms with Crippen molar-refractivity contribution in [3.63, 3.8) is 0 Å². The molecular weight excluding hydrogens is 340 g/mol. The van der Waals surface area contributed by atoms with Gasteiger partial charge in [0.2, 0.25) is 0 Å².